The molecular formula is C32H41NO2Si. The lowest BCUT2D eigenvalue weighted by Crippen LogP contribution is -2.43. The number of benzene rings is 2. The zero-order chi connectivity index (χ0) is 26.5. The molecule has 0 atom stereocenters. The Morgan fingerprint density at radius 1 is 0.861 bits per heavy atom. The molecule has 3 aromatic rings. The molecule has 2 aromatic carbocycles. The van der Waals surface area contributed by atoms with Crippen LogP contribution in [0.5, 0.6) is 11.5 Å². The van der Waals surface area contributed by atoms with E-state index in [4.69, 9.17) is 9.47 Å². The number of nitrogens with zero attached hydrogens (tertiary/aromatic N) is 1. The second kappa shape index (κ2) is 11.8. The van der Waals surface area contributed by atoms with Crippen molar-refractivity contribution in [1.82, 2.24) is 4.98 Å². The topological polar surface area (TPSA) is 31.4 Å². The summed E-state index contributed by atoms with van der Waals surface area (Å²) in [5.41, 5.74) is 11.8. The molecule has 0 amide bonds. The van der Waals surface area contributed by atoms with Gasteiger partial charge in [-0.3, -0.25) is 4.98 Å². The fourth-order valence-electron chi connectivity index (χ4n) is 5.53. The third-order valence-corrected chi connectivity index (χ3v) is 13.7. The van der Waals surface area contributed by atoms with E-state index in [-0.39, 0.29) is 0 Å². The zero-order valence-electron chi connectivity index (χ0n) is 23.4. The van der Waals surface area contributed by atoms with Gasteiger partial charge < -0.3 is 9.47 Å². The molecule has 0 aliphatic carbocycles. The summed E-state index contributed by atoms with van der Waals surface area (Å²) in [6.45, 7) is 18.5. The molecule has 190 valence electrons. The van der Waals surface area contributed by atoms with Crippen LogP contribution in [0.15, 0.2) is 54.7 Å². The number of rotatable bonds is 8. The lowest BCUT2D eigenvalue weighted by molar-refractivity contribution is 0.299. The minimum absolute atomic E-state index is 0.371. The molecule has 4 heteroatoms. The van der Waals surface area contributed by atoms with Gasteiger partial charge in [-0.15, -0.1) is 5.54 Å². The van der Waals surface area contributed by atoms with Gasteiger partial charge in [-0.05, 0) is 59.8 Å². The molecule has 0 aliphatic rings. The van der Waals surface area contributed by atoms with Crippen molar-refractivity contribution in [2.45, 2.75) is 78.6 Å². The van der Waals surface area contributed by atoms with Gasteiger partial charge in [0, 0.05) is 22.9 Å². The SMILES string of the molecule is COc1c(C)cnc(COc2cc(C#C[Si](C(C)C)(C(C)C)C(C)C)cc(-c3ccccc3)c2)c1C. The lowest BCUT2D eigenvalue weighted by atomic mass is 10.0. The first kappa shape index (κ1) is 27.6. The van der Waals surface area contributed by atoms with Crippen LogP contribution in [0.25, 0.3) is 11.1 Å². The van der Waals surface area contributed by atoms with Crippen molar-refractivity contribution in [3.63, 3.8) is 0 Å². The minimum Gasteiger partial charge on any atom is -0.496 e. The fourth-order valence-corrected chi connectivity index (χ4v) is 10.8. The van der Waals surface area contributed by atoms with E-state index in [9.17, 15) is 0 Å². The van der Waals surface area contributed by atoms with Crippen molar-refractivity contribution in [3.05, 3.63) is 77.1 Å². The van der Waals surface area contributed by atoms with Crippen LogP contribution in [-0.2, 0) is 6.61 Å². The van der Waals surface area contributed by atoms with Crippen molar-refractivity contribution >= 4 is 8.07 Å². The van der Waals surface area contributed by atoms with E-state index < -0.39 is 8.07 Å². The van der Waals surface area contributed by atoms with Crippen molar-refractivity contribution in [3.8, 4) is 34.1 Å². The molecule has 0 unspecified atom stereocenters. The maximum Gasteiger partial charge on any atom is 0.146 e. The first-order valence-corrected chi connectivity index (χ1v) is 15.2. The summed E-state index contributed by atoms with van der Waals surface area (Å²) < 4.78 is 11.9. The number of pyridine rings is 1. The van der Waals surface area contributed by atoms with Gasteiger partial charge >= 0.3 is 0 Å². The molecule has 0 aliphatic heterocycles. The van der Waals surface area contributed by atoms with Crippen LogP contribution in [-0.4, -0.2) is 20.2 Å². The molecule has 3 nitrogen and oxygen atoms in total. The Labute approximate surface area is 219 Å². The maximum absolute atomic E-state index is 6.31. The molecule has 0 saturated heterocycles. The average molecular weight is 500 g/mol. The van der Waals surface area contributed by atoms with Gasteiger partial charge in [0.15, 0.2) is 0 Å². The van der Waals surface area contributed by atoms with Gasteiger partial charge in [0.1, 0.15) is 26.2 Å². The first-order valence-electron chi connectivity index (χ1n) is 13.0. The van der Waals surface area contributed by atoms with Crippen LogP contribution in [0, 0.1) is 25.3 Å². The Kier molecular flexibility index (Phi) is 9.03. The Morgan fingerprint density at radius 3 is 2.08 bits per heavy atom. The number of aryl methyl sites for hydroxylation is 1. The van der Waals surface area contributed by atoms with E-state index in [0.29, 0.717) is 23.2 Å². The second-order valence-corrected chi connectivity index (χ2v) is 16.2. The minimum atomic E-state index is -1.84. The average Bonchev–Trinajstić information content (AvgIpc) is 2.84. The number of ether oxygens (including phenoxy) is 2. The molecule has 0 N–H and O–H groups in total. The van der Waals surface area contributed by atoms with Crippen LogP contribution >= 0.6 is 0 Å². The molecule has 0 spiro atoms. The van der Waals surface area contributed by atoms with Gasteiger partial charge in [-0.1, -0.05) is 77.8 Å². The van der Waals surface area contributed by atoms with Gasteiger partial charge in [-0.25, -0.2) is 0 Å². The zero-order valence-corrected chi connectivity index (χ0v) is 24.4. The van der Waals surface area contributed by atoms with Crippen molar-refractivity contribution in [2.24, 2.45) is 0 Å². The number of methoxy groups -OCH3 is 1. The van der Waals surface area contributed by atoms with Crippen molar-refractivity contribution in [1.29, 1.82) is 0 Å². The van der Waals surface area contributed by atoms with Gasteiger partial charge in [-0.2, -0.15) is 0 Å². The number of hydrogen-bond donors (Lipinski definition) is 0. The predicted molar refractivity (Wildman–Crippen MR) is 154 cm³/mol. The Bertz CT molecular complexity index is 1210. The Balaban J connectivity index is 2.04. The van der Waals surface area contributed by atoms with E-state index in [1.54, 1.807) is 7.11 Å². The molecule has 0 saturated carbocycles. The van der Waals surface area contributed by atoms with Gasteiger partial charge in [0.25, 0.3) is 0 Å². The molecule has 0 fully saturated rings. The molecule has 3 rings (SSSR count). The number of aromatic nitrogens is 1. The van der Waals surface area contributed by atoms with E-state index in [2.05, 4.69) is 100 Å². The summed E-state index contributed by atoms with van der Waals surface area (Å²) >= 11 is 0. The predicted octanol–water partition coefficient (Wildman–Crippen LogP) is 8.52. The smallest absolute Gasteiger partial charge is 0.146 e. The highest BCUT2D eigenvalue weighted by Gasteiger charge is 2.41. The van der Waals surface area contributed by atoms with Gasteiger partial charge in [0.05, 0.1) is 12.8 Å². The summed E-state index contributed by atoms with van der Waals surface area (Å²) in [7, 11) is -0.147. The van der Waals surface area contributed by atoms with E-state index in [1.165, 1.54) is 0 Å². The monoisotopic (exact) mass is 499 g/mol. The van der Waals surface area contributed by atoms with Crippen LogP contribution in [0.3, 0.4) is 0 Å². The highest BCUT2D eigenvalue weighted by atomic mass is 28.3. The summed E-state index contributed by atoms with van der Waals surface area (Å²) in [5.74, 6) is 5.28. The van der Waals surface area contributed by atoms with E-state index in [1.807, 2.05) is 26.1 Å². The molecule has 1 heterocycles. The summed E-state index contributed by atoms with van der Waals surface area (Å²) in [5, 5.41) is 0. The van der Waals surface area contributed by atoms with Crippen molar-refractivity contribution in [2.75, 3.05) is 7.11 Å². The van der Waals surface area contributed by atoms with Gasteiger partial charge in [0.2, 0.25) is 0 Å². The second-order valence-electron chi connectivity index (χ2n) is 10.6. The highest BCUT2D eigenvalue weighted by molar-refractivity contribution is 6.90. The van der Waals surface area contributed by atoms with E-state index >= 15 is 0 Å². The number of hydrogen-bond acceptors (Lipinski definition) is 3. The molecule has 36 heavy (non-hydrogen) atoms. The quantitative estimate of drug-likeness (QED) is 0.230. The normalized spacial score (nSPS) is 11.6. The molecule has 1 aromatic heterocycles. The first-order chi connectivity index (χ1) is 17.1. The van der Waals surface area contributed by atoms with E-state index in [0.717, 1.165) is 45.0 Å². The van der Waals surface area contributed by atoms with Crippen LogP contribution < -0.4 is 9.47 Å². The van der Waals surface area contributed by atoms with Crippen LogP contribution in [0.4, 0.5) is 0 Å². The molecular weight excluding hydrogens is 458 g/mol. The Hall–Kier alpha value is -3.03. The molecule has 0 bridgehead atoms. The van der Waals surface area contributed by atoms with Crippen LogP contribution in [0.2, 0.25) is 16.6 Å². The standard InChI is InChI=1S/C32H41NO2Si/c1-22(2)36(23(3)4,24(5)6)16-15-27-17-29(28-13-11-10-12-14-28)19-30(18-27)35-21-31-26(8)32(34-9)25(7)20-33-31/h10-14,17-20,22-24H,21H2,1-9H3. The highest BCUT2D eigenvalue weighted by Crippen LogP contribution is 2.41. The summed E-state index contributed by atoms with van der Waals surface area (Å²) in [6, 6.07) is 16.8. The summed E-state index contributed by atoms with van der Waals surface area (Å²) in [4.78, 5) is 4.60. The third-order valence-electron chi connectivity index (χ3n) is 7.43. The largest absolute Gasteiger partial charge is 0.496 e. The van der Waals surface area contributed by atoms with Crippen LogP contribution in [0.1, 0.15) is 63.9 Å². The maximum atomic E-state index is 6.31. The summed E-state index contributed by atoms with van der Waals surface area (Å²) in [6.07, 6.45) is 1.84. The Morgan fingerprint density at radius 2 is 1.50 bits per heavy atom. The lowest BCUT2D eigenvalue weighted by Gasteiger charge is -2.38. The van der Waals surface area contributed by atoms with Crippen molar-refractivity contribution < 1.29 is 9.47 Å². The third kappa shape index (κ3) is 5.85. The fraction of sp³-hybridized carbons (Fsp3) is 0.406. The molecule has 0 radical (unpaired) electrons.